The van der Waals surface area contributed by atoms with Gasteiger partial charge >= 0.3 is 0 Å². The number of sulfonamides is 1. The summed E-state index contributed by atoms with van der Waals surface area (Å²) in [5, 5.41) is 1.23. The second kappa shape index (κ2) is 10.6. The van der Waals surface area contributed by atoms with Crippen LogP contribution in [0.2, 0.25) is 10.0 Å². The van der Waals surface area contributed by atoms with E-state index < -0.39 is 10.0 Å². The Morgan fingerprint density at radius 1 is 0.912 bits per heavy atom. The van der Waals surface area contributed by atoms with Crippen molar-refractivity contribution < 1.29 is 12.8 Å². The molecule has 8 heteroatoms. The fourth-order valence-electron chi connectivity index (χ4n) is 3.28. The molecule has 0 bridgehead atoms. The first-order chi connectivity index (χ1) is 16.3. The molecular weight excluding hydrogens is 491 g/mol. The normalized spacial score (nSPS) is 12.0. The Hall–Kier alpha value is -2.90. The molecule has 0 N–H and O–H groups in total. The second-order valence-electron chi connectivity index (χ2n) is 7.71. The quantitative estimate of drug-likeness (QED) is 0.238. The van der Waals surface area contributed by atoms with Crippen molar-refractivity contribution in [2.75, 3.05) is 0 Å². The number of benzene rings is 3. The maximum atomic E-state index is 13.4. The van der Waals surface area contributed by atoms with Gasteiger partial charge in [-0.15, -0.1) is 0 Å². The van der Waals surface area contributed by atoms with Crippen LogP contribution in [0.5, 0.6) is 0 Å². The minimum atomic E-state index is -3.77. The van der Waals surface area contributed by atoms with Crippen molar-refractivity contribution >= 4 is 45.1 Å². The van der Waals surface area contributed by atoms with E-state index in [2.05, 4.69) is 4.99 Å². The zero-order chi connectivity index (χ0) is 24.1. The van der Waals surface area contributed by atoms with Gasteiger partial charge in [-0.05, 0) is 66.6 Å². The molecule has 1 heterocycles. The monoisotopic (exact) mass is 512 g/mol. The summed E-state index contributed by atoms with van der Waals surface area (Å²) < 4.78 is 34.1. The number of aryl methyl sites for hydroxylation is 1. The van der Waals surface area contributed by atoms with Gasteiger partial charge in [-0.1, -0.05) is 59.6 Å². The smallest absolute Gasteiger partial charge is 0.243 e. The van der Waals surface area contributed by atoms with E-state index in [1.54, 1.807) is 66.9 Å². The molecule has 34 heavy (non-hydrogen) atoms. The highest BCUT2D eigenvalue weighted by Crippen LogP contribution is 2.24. The Morgan fingerprint density at radius 3 is 2.35 bits per heavy atom. The van der Waals surface area contributed by atoms with E-state index in [9.17, 15) is 8.42 Å². The lowest BCUT2D eigenvalue weighted by molar-refractivity contribution is 0.357. The zero-order valence-corrected chi connectivity index (χ0v) is 20.7. The van der Waals surface area contributed by atoms with Crippen LogP contribution in [0, 0.1) is 6.92 Å². The molecule has 0 aliphatic heterocycles. The van der Waals surface area contributed by atoms with Crippen LogP contribution in [0.1, 0.15) is 22.6 Å². The molecule has 0 unspecified atom stereocenters. The molecule has 0 aliphatic rings. The predicted octanol–water partition coefficient (Wildman–Crippen LogP) is 7.04. The molecule has 0 fully saturated rings. The Morgan fingerprint density at radius 2 is 1.65 bits per heavy atom. The maximum Gasteiger partial charge on any atom is 0.243 e. The minimum Gasteiger partial charge on any atom is -0.459 e. The SMILES string of the molecule is Cc1ccc(N=Cc2ccc(CN(Cc3ccc(Cl)cc3)S(=O)(=O)c3ccccc3)o2)cc1Cl. The number of nitrogens with zero attached hydrogens (tertiary/aromatic N) is 2. The van der Waals surface area contributed by atoms with Gasteiger partial charge in [0.25, 0.3) is 0 Å². The summed E-state index contributed by atoms with van der Waals surface area (Å²) in [6, 6.07) is 24.5. The molecule has 1 aromatic heterocycles. The molecule has 0 amide bonds. The third-order valence-electron chi connectivity index (χ3n) is 5.16. The van der Waals surface area contributed by atoms with Gasteiger partial charge in [-0.2, -0.15) is 4.31 Å². The van der Waals surface area contributed by atoms with Crippen molar-refractivity contribution in [3.8, 4) is 0 Å². The van der Waals surface area contributed by atoms with Crippen LogP contribution >= 0.6 is 23.2 Å². The molecule has 5 nitrogen and oxygen atoms in total. The lowest BCUT2D eigenvalue weighted by Gasteiger charge is -2.21. The summed E-state index contributed by atoms with van der Waals surface area (Å²) in [6.45, 7) is 2.15. The summed E-state index contributed by atoms with van der Waals surface area (Å²) >= 11 is 12.1. The second-order valence-corrected chi connectivity index (χ2v) is 10.5. The van der Waals surface area contributed by atoms with Crippen LogP contribution in [-0.4, -0.2) is 18.9 Å². The average Bonchev–Trinajstić information content (AvgIpc) is 3.29. The topological polar surface area (TPSA) is 62.9 Å². The van der Waals surface area contributed by atoms with Gasteiger partial charge in [0.1, 0.15) is 11.5 Å². The van der Waals surface area contributed by atoms with Gasteiger partial charge in [-0.25, -0.2) is 8.42 Å². The molecule has 4 aromatic rings. The van der Waals surface area contributed by atoms with E-state index in [-0.39, 0.29) is 18.0 Å². The van der Waals surface area contributed by atoms with Crippen LogP contribution in [0.25, 0.3) is 0 Å². The number of rotatable bonds is 8. The molecule has 0 saturated heterocycles. The van der Waals surface area contributed by atoms with E-state index in [0.717, 1.165) is 11.1 Å². The van der Waals surface area contributed by atoms with Crippen molar-refractivity contribution in [1.82, 2.24) is 4.31 Å². The van der Waals surface area contributed by atoms with Crippen molar-refractivity contribution in [1.29, 1.82) is 0 Å². The van der Waals surface area contributed by atoms with E-state index in [1.165, 1.54) is 4.31 Å². The van der Waals surface area contributed by atoms with Crippen molar-refractivity contribution in [3.63, 3.8) is 0 Å². The fourth-order valence-corrected chi connectivity index (χ4v) is 5.00. The highest BCUT2D eigenvalue weighted by atomic mass is 35.5. The standard InChI is InChI=1S/C26H22Cl2N2O3S/c1-19-7-12-22(15-26(19)28)29-16-23-13-14-24(33-23)18-30(17-20-8-10-21(27)11-9-20)34(31,32)25-5-3-2-4-6-25/h2-16H,17-18H2,1H3. The Kier molecular flexibility index (Phi) is 7.54. The predicted molar refractivity (Wildman–Crippen MR) is 136 cm³/mol. The molecular formula is C26H22Cl2N2O3S. The largest absolute Gasteiger partial charge is 0.459 e. The highest BCUT2D eigenvalue weighted by Gasteiger charge is 2.26. The third-order valence-corrected chi connectivity index (χ3v) is 7.63. The summed E-state index contributed by atoms with van der Waals surface area (Å²) in [5.74, 6) is 1.01. The van der Waals surface area contributed by atoms with Crippen LogP contribution in [0.3, 0.4) is 0 Å². The zero-order valence-electron chi connectivity index (χ0n) is 18.4. The van der Waals surface area contributed by atoms with E-state index in [0.29, 0.717) is 27.3 Å². The van der Waals surface area contributed by atoms with Gasteiger partial charge in [0.05, 0.1) is 23.3 Å². The van der Waals surface area contributed by atoms with E-state index in [4.69, 9.17) is 27.6 Å². The summed E-state index contributed by atoms with van der Waals surface area (Å²) in [4.78, 5) is 4.61. The number of aliphatic imine (C=N–C) groups is 1. The molecule has 0 saturated carbocycles. The Balaban J connectivity index is 1.57. The van der Waals surface area contributed by atoms with Gasteiger partial charge in [0.15, 0.2) is 0 Å². The summed E-state index contributed by atoms with van der Waals surface area (Å²) in [6.07, 6.45) is 1.58. The molecule has 3 aromatic carbocycles. The number of hydrogen-bond acceptors (Lipinski definition) is 4. The molecule has 0 atom stereocenters. The van der Waals surface area contributed by atoms with Crippen molar-refractivity contribution in [2.24, 2.45) is 4.99 Å². The van der Waals surface area contributed by atoms with Crippen LogP contribution in [-0.2, 0) is 23.1 Å². The Bertz CT molecular complexity index is 1400. The first-order valence-corrected chi connectivity index (χ1v) is 12.7. The van der Waals surface area contributed by atoms with Crippen molar-refractivity contribution in [2.45, 2.75) is 24.9 Å². The highest BCUT2D eigenvalue weighted by molar-refractivity contribution is 7.89. The maximum absolute atomic E-state index is 13.4. The number of hydrogen-bond donors (Lipinski definition) is 0. The molecule has 0 aliphatic carbocycles. The van der Waals surface area contributed by atoms with Crippen LogP contribution < -0.4 is 0 Å². The third kappa shape index (κ3) is 5.96. The van der Waals surface area contributed by atoms with E-state index >= 15 is 0 Å². The lowest BCUT2D eigenvalue weighted by Crippen LogP contribution is -2.30. The first kappa shape index (κ1) is 24.2. The first-order valence-electron chi connectivity index (χ1n) is 10.5. The van der Waals surface area contributed by atoms with E-state index in [1.807, 2.05) is 31.2 Å². The molecule has 0 radical (unpaired) electrons. The molecule has 4 rings (SSSR count). The van der Waals surface area contributed by atoms with Gasteiger partial charge in [0, 0.05) is 16.6 Å². The van der Waals surface area contributed by atoms with Crippen LogP contribution in [0.4, 0.5) is 5.69 Å². The average molecular weight is 513 g/mol. The summed E-state index contributed by atoms with van der Waals surface area (Å²) in [5.41, 5.74) is 2.49. The van der Waals surface area contributed by atoms with Gasteiger partial charge in [0.2, 0.25) is 10.0 Å². The lowest BCUT2D eigenvalue weighted by atomic mass is 10.2. The molecule has 174 valence electrons. The fraction of sp³-hybridized carbons (Fsp3) is 0.115. The Labute approximate surface area is 209 Å². The minimum absolute atomic E-state index is 0.0596. The molecule has 0 spiro atoms. The van der Waals surface area contributed by atoms with Crippen LogP contribution in [0.15, 0.2) is 99.2 Å². The van der Waals surface area contributed by atoms with Gasteiger partial charge < -0.3 is 4.42 Å². The number of halogens is 2. The van der Waals surface area contributed by atoms with Gasteiger partial charge in [-0.3, -0.25) is 4.99 Å². The van der Waals surface area contributed by atoms with Crippen molar-refractivity contribution in [3.05, 3.63) is 118 Å². The number of furan rings is 1. The summed E-state index contributed by atoms with van der Waals surface area (Å²) in [7, 11) is -3.77.